The van der Waals surface area contributed by atoms with E-state index in [0.717, 1.165) is 24.6 Å². The summed E-state index contributed by atoms with van der Waals surface area (Å²) in [4.78, 5) is 15.0. The van der Waals surface area contributed by atoms with Crippen molar-refractivity contribution in [3.8, 4) is 5.69 Å². The van der Waals surface area contributed by atoms with E-state index in [1.807, 2.05) is 4.57 Å². The summed E-state index contributed by atoms with van der Waals surface area (Å²) in [6.07, 6.45) is 3.59. The molecule has 0 saturated carbocycles. The highest BCUT2D eigenvalue weighted by molar-refractivity contribution is 8.00. The number of halogens is 1. The molecule has 3 aromatic rings. The van der Waals surface area contributed by atoms with Crippen LogP contribution in [0.5, 0.6) is 0 Å². The first kappa shape index (κ1) is 21.5. The maximum absolute atomic E-state index is 13.5. The van der Waals surface area contributed by atoms with Crippen LogP contribution in [0, 0.1) is 12.7 Å². The number of hydrogen-bond acceptors (Lipinski definition) is 7. The van der Waals surface area contributed by atoms with E-state index >= 15 is 0 Å². The first-order valence-electron chi connectivity index (χ1n) is 10.3. The Kier molecular flexibility index (Phi) is 6.67. The Morgan fingerprint density at radius 3 is 2.65 bits per heavy atom. The molecular formula is C21H25FN6O2S. The molecule has 1 N–H and O–H groups in total. The fraction of sp³-hybridized carbons (Fsp3) is 0.429. The number of nitrogens with zero attached hydrogens (tertiary/aromatic N) is 5. The Bertz CT molecular complexity index is 1030. The number of anilines is 1. The van der Waals surface area contributed by atoms with Crippen molar-refractivity contribution in [2.45, 2.75) is 50.1 Å². The minimum atomic E-state index is -0.461. The maximum atomic E-state index is 13.5. The minimum Gasteiger partial charge on any atom is -0.338 e. The highest BCUT2D eigenvalue weighted by atomic mass is 32.2. The van der Waals surface area contributed by atoms with Gasteiger partial charge in [0, 0.05) is 11.8 Å². The van der Waals surface area contributed by atoms with E-state index in [1.165, 1.54) is 43.2 Å². The summed E-state index contributed by atoms with van der Waals surface area (Å²) in [6.45, 7) is 6.27. The quantitative estimate of drug-likeness (QED) is 0.554. The van der Waals surface area contributed by atoms with Crippen molar-refractivity contribution >= 4 is 23.6 Å². The highest BCUT2D eigenvalue weighted by Crippen LogP contribution is 2.27. The molecule has 1 atom stereocenters. The smallest absolute Gasteiger partial charge is 0.240 e. The number of carbonyl (C=O) groups is 1. The molecule has 1 aliphatic heterocycles. The van der Waals surface area contributed by atoms with E-state index in [1.54, 1.807) is 32.0 Å². The minimum absolute atomic E-state index is 0.229. The van der Waals surface area contributed by atoms with Crippen molar-refractivity contribution in [3.63, 3.8) is 0 Å². The monoisotopic (exact) mass is 444 g/mol. The second kappa shape index (κ2) is 9.61. The van der Waals surface area contributed by atoms with Crippen molar-refractivity contribution in [3.05, 3.63) is 47.7 Å². The van der Waals surface area contributed by atoms with Gasteiger partial charge in [0.15, 0.2) is 11.0 Å². The number of benzene rings is 1. The second-order valence-electron chi connectivity index (χ2n) is 7.63. The number of thioether (sulfide) groups is 1. The summed E-state index contributed by atoms with van der Waals surface area (Å²) >= 11 is 1.29. The molecule has 8 nitrogen and oxygen atoms in total. The van der Waals surface area contributed by atoms with Crippen LogP contribution in [0.4, 0.5) is 10.3 Å². The largest absolute Gasteiger partial charge is 0.338 e. The summed E-state index contributed by atoms with van der Waals surface area (Å²) in [5, 5.41) is 15.4. The Morgan fingerprint density at radius 2 is 1.97 bits per heavy atom. The van der Waals surface area contributed by atoms with Crippen molar-refractivity contribution in [1.29, 1.82) is 0 Å². The molecule has 1 aromatic carbocycles. The van der Waals surface area contributed by atoms with Crippen LogP contribution >= 0.6 is 11.8 Å². The van der Waals surface area contributed by atoms with Crippen LogP contribution in [-0.2, 0) is 11.3 Å². The van der Waals surface area contributed by atoms with Crippen LogP contribution < -0.4 is 5.32 Å². The number of nitrogens with one attached hydrogen (secondary N) is 1. The molecule has 0 aliphatic carbocycles. The van der Waals surface area contributed by atoms with Crippen LogP contribution in [0.1, 0.15) is 37.7 Å². The van der Waals surface area contributed by atoms with E-state index in [-0.39, 0.29) is 11.7 Å². The molecule has 1 fully saturated rings. The van der Waals surface area contributed by atoms with E-state index in [9.17, 15) is 9.18 Å². The first-order valence-corrected chi connectivity index (χ1v) is 11.2. The van der Waals surface area contributed by atoms with Gasteiger partial charge < -0.3 is 4.52 Å². The summed E-state index contributed by atoms with van der Waals surface area (Å²) in [5.41, 5.74) is 1.45. The van der Waals surface area contributed by atoms with Crippen LogP contribution in [0.2, 0.25) is 0 Å². The molecule has 4 rings (SSSR count). The molecule has 0 spiro atoms. The molecule has 0 radical (unpaired) electrons. The molecule has 3 heterocycles. The zero-order valence-corrected chi connectivity index (χ0v) is 18.4. The van der Waals surface area contributed by atoms with E-state index in [2.05, 4.69) is 25.6 Å². The number of amides is 1. The number of aryl methyl sites for hydroxylation is 1. The third-order valence-electron chi connectivity index (χ3n) is 5.12. The second-order valence-corrected chi connectivity index (χ2v) is 8.94. The van der Waals surface area contributed by atoms with Gasteiger partial charge in [0.05, 0.1) is 17.5 Å². The molecule has 10 heteroatoms. The van der Waals surface area contributed by atoms with Gasteiger partial charge in [-0.05, 0) is 64.0 Å². The predicted molar refractivity (Wildman–Crippen MR) is 116 cm³/mol. The Balaban J connectivity index is 1.55. The zero-order valence-electron chi connectivity index (χ0n) is 17.5. The van der Waals surface area contributed by atoms with Gasteiger partial charge in [0.25, 0.3) is 0 Å². The standard InChI is InChI=1S/C21H25FN6O2S/c1-14-12-19(30-26-14)23-20(29)15(2)31-21-25-24-18(13-27-10-4-3-5-11-27)28(21)17-8-6-16(22)7-9-17/h6-9,12,15H,3-5,10-11,13H2,1-2H3,(H,23,29). The van der Waals surface area contributed by atoms with E-state index < -0.39 is 5.25 Å². The fourth-order valence-corrected chi connectivity index (χ4v) is 4.39. The molecular weight excluding hydrogens is 419 g/mol. The summed E-state index contributed by atoms with van der Waals surface area (Å²) in [5.74, 6) is 0.543. The lowest BCUT2D eigenvalue weighted by Crippen LogP contribution is -2.30. The summed E-state index contributed by atoms with van der Waals surface area (Å²) in [6, 6.07) is 7.88. The lowest BCUT2D eigenvalue weighted by Gasteiger charge is -2.26. The normalized spacial score (nSPS) is 15.7. The topological polar surface area (TPSA) is 89.1 Å². The average molecular weight is 445 g/mol. The third-order valence-corrected chi connectivity index (χ3v) is 6.17. The van der Waals surface area contributed by atoms with Crippen LogP contribution in [0.15, 0.2) is 40.0 Å². The molecule has 31 heavy (non-hydrogen) atoms. The van der Waals surface area contributed by atoms with Crippen LogP contribution in [0.3, 0.4) is 0 Å². The predicted octanol–water partition coefficient (Wildman–Crippen LogP) is 3.81. The Hall–Kier alpha value is -2.72. The Morgan fingerprint density at radius 1 is 1.23 bits per heavy atom. The molecule has 1 saturated heterocycles. The lowest BCUT2D eigenvalue weighted by atomic mass is 10.1. The van der Waals surface area contributed by atoms with E-state index in [0.29, 0.717) is 23.3 Å². The van der Waals surface area contributed by atoms with Crippen molar-refractivity contribution in [1.82, 2.24) is 24.8 Å². The van der Waals surface area contributed by atoms with Gasteiger partial charge in [-0.1, -0.05) is 23.3 Å². The Labute approximate surface area is 184 Å². The van der Waals surface area contributed by atoms with Crippen molar-refractivity contribution in [2.24, 2.45) is 0 Å². The number of aromatic nitrogens is 4. The fourth-order valence-electron chi connectivity index (χ4n) is 3.50. The number of carbonyl (C=O) groups excluding carboxylic acids is 1. The van der Waals surface area contributed by atoms with Gasteiger partial charge in [-0.15, -0.1) is 10.2 Å². The maximum Gasteiger partial charge on any atom is 0.240 e. The number of likely N-dealkylation sites (tertiary alicyclic amines) is 1. The summed E-state index contributed by atoms with van der Waals surface area (Å²) < 4.78 is 20.5. The van der Waals surface area contributed by atoms with Gasteiger partial charge in [0.2, 0.25) is 11.8 Å². The van der Waals surface area contributed by atoms with Crippen LogP contribution in [0.25, 0.3) is 5.69 Å². The molecule has 1 unspecified atom stereocenters. The molecule has 0 bridgehead atoms. The van der Waals surface area contributed by atoms with E-state index in [4.69, 9.17) is 4.52 Å². The SMILES string of the molecule is Cc1cc(NC(=O)C(C)Sc2nnc(CN3CCCCC3)n2-c2ccc(F)cc2)on1. The lowest BCUT2D eigenvalue weighted by molar-refractivity contribution is -0.115. The average Bonchev–Trinajstić information content (AvgIpc) is 3.35. The van der Waals surface area contributed by atoms with Gasteiger partial charge in [-0.2, -0.15) is 0 Å². The number of piperidine rings is 1. The van der Waals surface area contributed by atoms with Crippen molar-refractivity contribution in [2.75, 3.05) is 18.4 Å². The highest BCUT2D eigenvalue weighted by Gasteiger charge is 2.23. The molecule has 2 aromatic heterocycles. The number of rotatable bonds is 7. The van der Waals surface area contributed by atoms with Crippen molar-refractivity contribution < 1.29 is 13.7 Å². The van der Waals surface area contributed by atoms with Crippen LogP contribution in [-0.4, -0.2) is 49.1 Å². The van der Waals surface area contributed by atoms with Gasteiger partial charge in [0.1, 0.15) is 5.82 Å². The van der Waals surface area contributed by atoms with Gasteiger partial charge >= 0.3 is 0 Å². The number of hydrogen-bond donors (Lipinski definition) is 1. The zero-order chi connectivity index (χ0) is 21.8. The molecule has 1 aliphatic rings. The van der Waals surface area contributed by atoms with Gasteiger partial charge in [-0.3, -0.25) is 19.6 Å². The first-order chi connectivity index (χ1) is 15.0. The van der Waals surface area contributed by atoms with Gasteiger partial charge in [-0.25, -0.2) is 4.39 Å². The third kappa shape index (κ3) is 5.31. The molecule has 164 valence electrons. The molecule has 1 amide bonds. The summed E-state index contributed by atoms with van der Waals surface area (Å²) in [7, 11) is 0.